The highest BCUT2D eigenvalue weighted by molar-refractivity contribution is 7.89. The Balaban J connectivity index is 2.09. The lowest BCUT2D eigenvalue weighted by Gasteiger charge is -2.25. The van der Waals surface area contributed by atoms with Gasteiger partial charge in [-0.3, -0.25) is 0 Å². The normalized spacial score (nSPS) is 19.5. The maximum Gasteiger partial charge on any atom is 0.242 e. The molecule has 0 aliphatic heterocycles. The summed E-state index contributed by atoms with van der Waals surface area (Å²) in [6, 6.07) is 6.96. The van der Waals surface area contributed by atoms with Gasteiger partial charge in [0.25, 0.3) is 0 Å². The number of rotatable bonds is 6. The number of benzene rings is 1. The zero-order valence-corrected chi connectivity index (χ0v) is 14.4. The summed E-state index contributed by atoms with van der Waals surface area (Å²) < 4.78 is 25.6. The van der Waals surface area contributed by atoms with Gasteiger partial charge < -0.3 is 10.4 Å². The van der Waals surface area contributed by atoms with Gasteiger partial charge in [-0.25, -0.2) is 12.7 Å². The van der Waals surface area contributed by atoms with E-state index in [1.807, 2.05) is 13.0 Å². The number of hydrogen-bond donors (Lipinski definition) is 2. The number of sulfonamides is 1. The van der Waals surface area contributed by atoms with Gasteiger partial charge in [-0.2, -0.15) is 0 Å². The van der Waals surface area contributed by atoms with Crippen molar-refractivity contribution in [2.45, 2.75) is 49.1 Å². The van der Waals surface area contributed by atoms with Crippen molar-refractivity contribution in [3.8, 4) is 0 Å². The molecule has 1 aliphatic rings. The maximum absolute atomic E-state index is 12.2. The minimum absolute atomic E-state index is 0.0121. The zero-order chi connectivity index (χ0) is 16.4. The van der Waals surface area contributed by atoms with Gasteiger partial charge in [-0.15, -0.1) is 0 Å². The van der Waals surface area contributed by atoms with Crippen molar-refractivity contribution in [1.29, 1.82) is 0 Å². The zero-order valence-electron chi connectivity index (χ0n) is 13.5. The van der Waals surface area contributed by atoms with Gasteiger partial charge in [0, 0.05) is 26.7 Å². The fraction of sp³-hybridized carbons (Fsp3) is 0.625. The van der Waals surface area contributed by atoms with Gasteiger partial charge in [0.1, 0.15) is 0 Å². The molecule has 0 amide bonds. The minimum atomic E-state index is -3.42. The average Bonchev–Trinajstić information content (AvgIpc) is 2.92. The molecule has 1 aliphatic carbocycles. The molecule has 2 N–H and O–H groups in total. The number of nitrogens with one attached hydrogen (secondary N) is 1. The predicted octanol–water partition coefficient (Wildman–Crippen LogP) is 1.89. The van der Waals surface area contributed by atoms with Crippen molar-refractivity contribution in [1.82, 2.24) is 9.62 Å². The van der Waals surface area contributed by atoms with Crippen LogP contribution in [0.1, 0.15) is 44.2 Å². The molecule has 0 spiro atoms. The first kappa shape index (κ1) is 17.4. The van der Waals surface area contributed by atoms with E-state index in [0.717, 1.165) is 31.2 Å². The Morgan fingerprint density at radius 3 is 2.55 bits per heavy atom. The largest absolute Gasteiger partial charge is 0.389 e. The van der Waals surface area contributed by atoms with Gasteiger partial charge in [-0.1, -0.05) is 25.0 Å². The molecule has 0 radical (unpaired) electrons. The summed E-state index contributed by atoms with van der Waals surface area (Å²) in [4.78, 5) is 0.295. The molecule has 1 atom stereocenters. The van der Waals surface area contributed by atoms with Crippen LogP contribution < -0.4 is 5.32 Å². The van der Waals surface area contributed by atoms with E-state index in [-0.39, 0.29) is 6.04 Å². The van der Waals surface area contributed by atoms with Crippen LogP contribution in [0.2, 0.25) is 0 Å². The van der Waals surface area contributed by atoms with Crippen LogP contribution in [0.4, 0.5) is 0 Å². The molecule has 1 fully saturated rings. The van der Waals surface area contributed by atoms with Gasteiger partial charge in [-0.05, 0) is 37.5 Å². The number of nitrogens with zero attached hydrogens (tertiary/aromatic N) is 1. The molecular formula is C16H26N2O3S. The van der Waals surface area contributed by atoms with Crippen molar-refractivity contribution in [2.24, 2.45) is 0 Å². The predicted molar refractivity (Wildman–Crippen MR) is 87.2 cm³/mol. The first-order valence-corrected chi connectivity index (χ1v) is 9.17. The van der Waals surface area contributed by atoms with Crippen LogP contribution in [0, 0.1) is 0 Å². The van der Waals surface area contributed by atoms with E-state index in [2.05, 4.69) is 5.32 Å². The molecule has 0 heterocycles. The third-order valence-electron chi connectivity index (χ3n) is 4.41. The minimum Gasteiger partial charge on any atom is -0.389 e. The SMILES string of the molecule is CC(NCC1(O)CCCC1)c1cccc(S(=O)(=O)N(C)C)c1. The Labute approximate surface area is 133 Å². The van der Waals surface area contributed by atoms with Gasteiger partial charge in [0.05, 0.1) is 10.5 Å². The highest BCUT2D eigenvalue weighted by Crippen LogP contribution is 2.29. The molecule has 6 heteroatoms. The fourth-order valence-corrected chi connectivity index (χ4v) is 3.78. The lowest BCUT2D eigenvalue weighted by Crippen LogP contribution is -2.39. The number of aliphatic hydroxyl groups is 1. The van der Waals surface area contributed by atoms with Crippen LogP contribution in [0.3, 0.4) is 0 Å². The Bertz CT molecular complexity index is 608. The third-order valence-corrected chi connectivity index (χ3v) is 6.22. The van der Waals surface area contributed by atoms with Crippen molar-refractivity contribution in [3.63, 3.8) is 0 Å². The maximum atomic E-state index is 12.2. The molecular weight excluding hydrogens is 300 g/mol. The summed E-state index contributed by atoms with van der Waals surface area (Å²) in [5.41, 5.74) is 0.297. The molecule has 22 heavy (non-hydrogen) atoms. The lowest BCUT2D eigenvalue weighted by molar-refractivity contribution is 0.0453. The van der Waals surface area contributed by atoms with E-state index in [0.29, 0.717) is 11.4 Å². The molecule has 1 saturated carbocycles. The van der Waals surface area contributed by atoms with Crippen LogP contribution in [0.25, 0.3) is 0 Å². The first-order valence-electron chi connectivity index (χ1n) is 7.73. The molecule has 0 saturated heterocycles. The smallest absolute Gasteiger partial charge is 0.242 e. The average molecular weight is 326 g/mol. The Hall–Kier alpha value is -0.950. The number of hydrogen-bond acceptors (Lipinski definition) is 4. The second-order valence-corrected chi connectivity index (χ2v) is 8.55. The molecule has 2 rings (SSSR count). The third kappa shape index (κ3) is 3.87. The Morgan fingerprint density at radius 1 is 1.32 bits per heavy atom. The first-order chi connectivity index (χ1) is 10.2. The standard InChI is InChI=1S/C16H26N2O3S/c1-13(17-12-16(19)9-4-5-10-16)14-7-6-8-15(11-14)22(20,21)18(2)3/h6-8,11,13,17,19H,4-5,9-10,12H2,1-3H3. The summed E-state index contributed by atoms with van der Waals surface area (Å²) in [5.74, 6) is 0. The quantitative estimate of drug-likeness (QED) is 0.837. The topological polar surface area (TPSA) is 69.6 Å². The van der Waals surface area contributed by atoms with Crippen molar-refractivity contribution in [3.05, 3.63) is 29.8 Å². The van der Waals surface area contributed by atoms with Crippen LogP contribution in [0.5, 0.6) is 0 Å². The van der Waals surface area contributed by atoms with E-state index in [4.69, 9.17) is 0 Å². The van der Waals surface area contributed by atoms with E-state index < -0.39 is 15.6 Å². The summed E-state index contributed by atoms with van der Waals surface area (Å²) in [6.07, 6.45) is 3.82. The van der Waals surface area contributed by atoms with Crippen LogP contribution in [-0.2, 0) is 10.0 Å². The van der Waals surface area contributed by atoms with E-state index in [1.165, 1.54) is 18.4 Å². The van der Waals surface area contributed by atoms with Crippen molar-refractivity contribution < 1.29 is 13.5 Å². The second kappa shape index (κ2) is 6.66. The van der Waals surface area contributed by atoms with Crippen LogP contribution >= 0.6 is 0 Å². The summed E-state index contributed by atoms with van der Waals surface area (Å²) in [5, 5.41) is 13.7. The van der Waals surface area contributed by atoms with Crippen molar-refractivity contribution in [2.75, 3.05) is 20.6 Å². The molecule has 1 aromatic rings. The summed E-state index contributed by atoms with van der Waals surface area (Å²) in [6.45, 7) is 2.53. The van der Waals surface area contributed by atoms with E-state index >= 15 is 0 Å². The van der Waals surface area contributed by atoms with Crippen molar-refractivity contribution >= 4 is 10.0 Å². The van der Waals surface area contributed by atoms with Gasteiger partial charge in [0.2, 0.25) is 10.0 Å². The molecule has 1 unspecified atom stereocenters. The fourth-order valence-electron chi connectivity index (χ4n) is 2.83. The molecule has 0 bridgehead atoms. The molecule has 0 aromatic heterocycles. The highest BCUT2D eigenvalue weighted by atomic mass is 32.2. The Kier molecular flexibility index (Phi) is 5.27. The second-order valence-electron chi connectivity index (χ2n) is 6.39. The van der Waals surface area contributed by atoms with Gasteiger partial charge in [0.15, 0.2) is 0 Å². The lowest BCUT2D eigenvalue weighted by atomic mass is 10.0. The summed E-state index contributed by atoms with van der Waals surface area (Å²) in [7, 11) is -0.365. The molecule has 1 aromatic carbocycles. The van der Waals surface area contributed by atoms with Gasteiger partial charge >= 0.3 is 0 Å². The van der Waals surface area contributed by atoms with E-state index in [1.54, 1.807) is 18.2 Å². The van der Waals surface area contributed by atoms with E-state index in [9.17, 15) is 13.5 Å². The Morgan fingerprint density at radius 2 is 1.95 bits per heavy atom. The van der Waals surface area contributed by atoms with Crippen LogP contribution in [0.15, 0.2) is 29.2 Å². The molecule has 5 nitrogen and oxygen atoms in total. The molecule has 124 valence electrons. The summed E-state index contributed by atoms with van der Waals surface area (Å²) >= 11 is 0. The monoisotopic (exact) mass is 326 g/mol. The van der Waals surface area contributed by atoms with Crippen LogP contribution in [-0.4, -0.2) is 44.1 Å². The highest BCUT2D eigenvalue weighted by Gasteiger charge is 2.31.